The molecule has 0 spiro atoms. The van der Waals surface area contributed by atoms with Gasteiger partial charge in [-0.25, -0.2) is 0 Å². The minimum absolute atomic E-state index is 0.0608. The summed E-state index contributed by atoms with van der Waals surface area (Å²) in [4.78, 5) is 2.54. The third-order valence-corrected chi connectivity index (χ3v) is 6.12. The standard InChI is InChI=1S/C21H32N2O3/c24-11-13-26-21-15-25-12-8-20(21)22-18-6-9-23(10-7-18)19-5-4-16-2-1-3-17(16)14-19/h4-5,14,18,20-22,24H,1-3,6-13,15H2/t20-,21-/m1/s1. The molecule has 4 rings (SSSR count). The lowest BCUT2D eigenvalue weighted by atomic mass is 9.99. The molecule has 0 saturated carbocycles. The number of nitrogens with one attached hydrogen (secondary N) is 1. The maximum atomic E-state index is 9.01. The fourth-order valence-corrected chi connectivity index (χ4v) is 4.63. The molecule has 26 heavy (non-hydrogen) atoms. The van der Waals surface area contributed by atoms with E-state index in [1.807, 2.05) is 0 Å². The van der Waals surface area contributed by atoms with Gasteiger partial charge in [-0.1, -0.05) is 6.07 Å². The summed E-state index contributed by atoms with van der Waals surface area (Å²) in [6.07, 6.45) is 7.20. The van der Waals surface area contributed by atoms with E-state index in [0.29, 0.717) is 25.3 Å². The molecule has 3 aliphatic rings. The third-order valence-electron chi connectivity index (χ3n) is 6.12. The van der Waals surface area contributed by atoms with Crippen molar-refractivity contribution in [2.24, 2.45) is 0 Å². The van der Waals surface area contributed by atoms with Gasteiger partial charge in [0, 0.05) is 37.5 Å². The molecular formula is C21H32N2O3. The van der Waals surface area contributed by atoms with Gasteiger partial charge in [0.1, 0.15) is 0 Å². The monoisotopic (exact) mass is 360 g/mol. The van der Waals surface area contributed by atoms with Crippen molar-refractivity contribution >= 4 is 5.69 Å². The maximum absolute atomic E-state index is 9.01. The third kappa shape index (κ3) is 4.22. The highest BCUT2D eigenvalue weighted by molar-refractivity contribution is 5.52. The predicted molar refractivity (Wildman–Crippen MR) is 103 cm³/mol. The second kappa shape index (κ2) is 8.70. The highest BCUT2D eigenvalue weighted by Gasteiger charge is 2.30. The maximum Gasteiger partial charge on any atom is 0.0963 e. The number of anilines is 1. The largest absolute Gasteiger partial charge is 0.394 e. The Labute approximate surface area is 156 Å². The van der Waals surface area contributed by atoms with Crippen LogP contribution in [-0.4, -0.2) is 62.8 Å². The molecule has 5 nitrogen and oxygen atoms in total. The van der Waals surface area contributed by atoms with Crippen LogP contribution >= 0.6 is 0 Å². The molecule has 2 atom stereocenters. The summed E-state index contributed by atoms with van der Waals surface area (Å²) >= 11 is 0. The van der Waals surface area contributed by atoms with Crippen LogP contribution in [0.15, 0.2) is 18.2 Å². The van der Waals surface area contributed by atoms with Crippen molar-refractivity contribution in [1.82, 2.24) is 5.32 Å². The summed E-state index contributed by atoms with van der Waals surface area (Å²) in [5, 5.41) is 12.8. The molecule has 2 N–H and O–H groups in total. The molecule has 2 heterocycles. The van der Waals surface area contributed by atoms with Crippen LogP contribution < -0.4 is 10.2 Å². The van der Waals surface area contributed by atoms with Crippen molar-refractivity contribution < 1.29 is 14.6 Å². The minimum Gasteiger partial charge on any atom is -0.394 e. The lowest BCUT2D eigenvalue weighted by molar-refractivity contribution is -0.0779. The lowest BCUT2D eigenvalue weighted by Crippen LogP contribution is -2.54. The number of fused-ring (bicyclic) bond motifs is 1. The van der Waals surface area contributed by atoms with Gasteiger partial charge in [0.05, 0.1) is 25.9 Å². The van der Waals surface area contributed by atoms with E-state index in [1.165, 1.54) is 37.8 Å². The van der Waals surface area contributed by atoms with E-state index in [0.717, 1.165) is 26.1 Å². The molecule has 2 fully saturated rings. The van der Waals surface area contributed by atoms with Crippen LogP contribution in [0.5, 0.6) is 0 Å². The predicted octanol–water partition coefficient (Wildman–Crippen LogP) is 1.90. The Bertz CT molecular complexity index is 587. The van der Waals surface area contributed by atoms with E-state index in [4.69, 9.17) is 14.6 Å². The Hall–Kier alpha value is -1.14. The quantitative estimate of drug-likeness (QED) is 0.812. The van der Waals surface area contributed by atoms with Gasteiger partial charge in [-0.05, 0) is 61.8 Å². The first-order chi connectivity index (χ1) is 12.8. The summed E-state index contributed by atoms with van der Waals surface area (Å²) in [5.41, 5.74) is 4.52. The highest BCUT2D eigenvalue weighted by Crippen LogP contribution is 2.28. The molecule has 0 bridgehead atoms. The van der Waals surface area contributed by atoms with E-state index in [-0.39, 0.29) is 12.7 Å². The van der Waals surface area contributed by atoms with Crippen molar-refractivity contribution in [3.05, 3.63) is 29.3 Å². The van der Waals surface area contributed by atoms with Gasteiger partial charge in [-0.3, -0.25) is 0 Å². The van der Waals surface area contributed by atoms with Crippen LogP contribution in [-0.2, 0) is 22.3 Å². The molecule has 1 aromatic carbocycles. The lowest BCUT2D eigenvalue weighted by Gasteiger charge is -2.39. The Kier molecular flexibility index (Phi) is 6.10. The topological polar surface area (TPSA) is 54.0 Å². The van der Waals surface area contributed by atoms with Crippen molar-refractivity contribution in [1.29, 1.82) is 0 Å². The fraction of sp³-hybridized carbons (Fsp3) is 0.714. The highest BCUT2D eigenvalue weighted by atomic mass is 16.5. The Morgan fingerprint density at radius 1 is 1.15 bits per heavy atom. The SMILES string of the molecule is OCCO[C@@H]1COCC[C@H]1NC1CCN(c2ccc3c(c2)CCC3)CC1. The van der Waals surface area contributed by atoms with E-state index in [2.05, 4.69) is 28.4 Å². The smallest absolute Gasteiger partial charge is 0.0963 e. The van der Waals surface area contributed by atoms with Crippen molar-refractivity contribution in [3.8, 4) is 0 Å². The molecule has 1 aliphatic carbocycles. The van der Waals surface area contributed by atoms with Crippen LogP contribution in [0.2, 0.25) is 0 Å². The van der Waals surface area contributed by atoms with Gasteiger partial charge >= 0.3 is 0 Å². The molecule has 0 unspecified atom stereocenters. The number of aryl methyl sites for hydroxylation is 2. The number of ether oxygens (including phenoxy) is 2. The molecule has 2 aliphatic heterocycles. The average molecular weight is 360 g/mol. The number of hydrogen-bond donors (Lipinski definition) is 2. The van der Waals surface area contributed by atoms with Crippen molar-refractivity contribution in [2.75, 3.05) is 44.4 Å². The van der Waals surface area contributed by atoms with Crippen LogP contribution in [0.1, 0.15) is 36.8 Å². The summed E-state index contributed by atoms with van der Waals surface area (Å²) < 4.78 is 11.3. The zero-order chi connectivity index (χ0) is 17.8. The van der Waals surface area contributed by atoms with E-state index in [1.54, 1.807) is 11.1 Å². The number of piperidine rings is 1. The minimum atomic E-state index is 0.0608. The number of aliphatic hydroxyl groups is 1. The second-order valence-electron chi connectivity index (χ2n) is 7.84. The van der Waals surface area contributed by atoms with Gasteiger partial charge < -0.3 is 24.8 Å². The number of nitrogens with zero attached hydrogens (tertiary/aromatic N) is 1. The van der Waals surface area contributed by atoms with E-state index in [9.17, 15) is 0 Å². The second-order valence-corrected chi connectivity index (χ2v) is 7.84. The zero-order valence-corrected chi connectivity index (χ0v) is 15.7. The van der Waals surface area contributed by atoms with Gasteiger partial charge in [0.2, 0.25) is 0 Å². The number of benzene rings is 1. The van der Waals surface area contributed by atoms with Gasteiger partial charge in [0.25, 0.3) is 0 Å². The molecule has 0 radical (unpaired) electrons. The summed E-state index contributed by atoms with van der Waals surface area (Å²) in [6.45, 7) is 4.12. The van der Waals surface area contributed by atoms with Crippen LogP contribution in [0, 0.1) is 0 Å². The normalized spacial score (nSPS) is 26.9. The molecule has 144 valence electrons. The number of rotatable bonds is 6. The summed E-state index contributed by atoms with van der Waals surface area (Å²) in [6, 6.07) is 7.96. The molecule has 5 heteroatoms. The fourth-order valence-electron chi connectivity index (χ4n) is 4.63. The summed E-state index contributed by atoms with van der Waals surface area (Å²) in [5.74, 6) is 0. The number of hydrogen-bond acceptors (Lipinski definition) is 5. The Morgan fingerprint density at radius 3 is 2.85 bits per heavy atom. The van der Waals surface area contributed by atoms with Gasteiger partial charge in [-0.15, -0.1) is 0 Å². The average Bonchev–Trinajstić information content (AvgIpc) is 3.16. The van der Waals surface area contributed by atoms with Gasteiger partial charge in [0.15, 0.2) is 0 Å². The molecular weight excluding hydrogens is 328 g/mol. The first-order valence-corrected chi connectivity index (χ1v) is 10.3. The van der Waals surface area contributed by atoms with E-state index >= 15 is 0 Å². The van der Waals surface area contributed by atoms with E-state index < -0.39 is 0 Å². The van der Waals surface area contributed by atoms with Crippen molar-refractivity contribution in [3.63, 3.8) is 0 Å². The molecule has 1 aromatic rings. The molecule has 0 aromatic heterocycles. The molecule has 2 saturated heterocycles. The first-order valence-electron chi connectivity index (χ1n) is 10.3. The first kappa shape index (κ1) is 18.2. The Morgan fingerprint density at radius 2 is 2.00 bits per heavy atom. The van der Waals surface area contributed by atoms with Gasteiger partial charge in [-0.2, -0.15) is 0 Å². The van der Waals surface area contributed by atoms with Crippen molar-refractivity contribution in [2.45, 2.75) is 56.7 Å². The summed E-state index contributed by atoms with van der Waals surface area (Å²) in [7, 11) is 0. The molecule has 0 amide bonds. The zero-order valence-electron chi connectivity index (χ0n) is 15.7. The number of aliphatic hydroxyl groups excluding tert-OH is 1. The van der Waals surface area contributed by atoms with Crippen LogP contribution in [0.3, 0.4) is 0 Å². The van der Waals surface area contributed by atoms with Crippen LogP contribution in [0.25, 0.3) is 0 Å². The Balaban J connectivity index is 1.29. The van der Waals surface area contributed by atoms with Crippen LogP contribution in [0.4, 0.5) is 5.69 Å².